The van der Waals surface area contributed by atoms with Crippen LogP contribution in [0.2, 0.25) is 10.0 Å². The van der Waals surface area contributed by atoms with Crippen LogP contribution in [-0.2, 0) is 0 Å². The predicted octanol–water partition coefficient (Wildman–Crippen LogP) is 4.72. The highest BCUT2D eigenvalue weighted by Crippen LogP contribution is 2.31. The second kappa shape index (κ2) is 7.60. The van der Waals surface area contributed by atoms with E-state index in [0.717, 1.165) is 37.4 Å². The Morgan fingerprint density at radius 3 is 2.58 bits per heavy atom. The number of hydrogen-bond donors (Lipinski definition) is 2. The molecule has 6 heteroatoms. The van der Waals surface area contributed by atoms with Crippen molar-refractivity contribution in [1.29, 1.82) is 0 Å². The monoisotopic (exact) mass is 367 g/mol. The zero-order valence-corrected chi connectivity index (χ0v) is 15.0. The summed E-state index contributed by atoms with van der Waals surface area (Å²) in [5, 5.41) is 7.70. The number of hydrogen-bond acceptors (Lipinski definition) is 3. The van der Waals surface area contributed by atoms with Gasteiger partial charge in [0.1, 0.15) is 5.82 Å². The van der Waals surface area contributed by atoms with Crippen LogP contribution in [0.3, 0.4) is 0 Å². The molecule has 2 N–H and O–H groups in total. The molecule has 24 heavy (non-hydrogen) atoms. The Bertz CT molecular complexity index is 717. The third-order valence-corrected chi connectivity index (χ3v) is 4.80. The minimum absolute atomic E-state index is 0.137. The highest BCUT2D eigenvalue weighted by atomic mass is 35.5. The lowest BCUT2D eigenvalue weighted by Crippen LogP contribution is -2.43. The molecule has 3 rings (SSSR count). The van der Waals surface area contributed by atoms with Gasteiger partial charge in [0.25, 0.3) is 0 Å². The summed E-state index contributed by atoms with van der Waals surface area (Å²) >= 11 is 12.2. The molecule has 2 aromatic carbocycles. The minimum atomic E-state index is -0.272. The van der Waals surface area contributed by atoms with Crippen LogP contribution in [0.25, 0.3) is 0 Å². The van der Waals surface area contributed by atoms with Gasteiger partial charge in [0, 0.05) is 41.9 Å². The fourth-order valence-corrected chi connectivity index (χ4v) is 3.48. The van der Waals surface area contributed by atoms with Gasteiger partial charge in [0.2, 0.25) is 0 Å². The van der Waals surface area contributed by atoms with Crippen molar-refractivity contribution in [2.24, 2.45) is 0 Å². The molecule has 0 aliphatic carbocycles. The van der Waals surface area contributed by atoms with Gasteiger partial charge in [0.15, 0.2) is 0 Å². The first-order chi connectivity index (χ1) is 11.5. The first-order valence-electron chi connectivity index (χ1n) is 8.01. The number of nitrogens with zero attached hydrogens (tertiary/aromatic N) is 1. The van der Waals surface area contributed by atoms with E-state index in [1.165, 1.54) is 6.07 Å². The normalized spacial score (nSPS) is 16.1. The third-order valence-electron chi connectivity index (χ3n) is 4.23. The van der Waals surface area contributed by atoms with Crippen LogP contribution in [0.15, 0.2) is 36.4 Å². The number of rotatable bonds is 4. The summed E-state index contributed by atoms with van der Waals surface area (Å²) in [7, 11) is 0. The molecule has 0 aromatic heterocycles. The van der Waals surface area contributed by atoms with Crippen LogP contribution in [0.4, 0.5) is 15.8 Å². The standard InChI is InChI=1S/C18H20Cl2FN3/c1-12(15-4-2-13(19)10-16(15)20)23-18-11-14(3-5-17(18)21)24-8-6-22-7-9-24/h2-5,10-12,22-23H,6-9H2,1H3. The third kappa shape index (κ3) is 3.94. The molecule has 1 unspecified atom stereocenters. The van der Waals surface area contributed by atoms with Crippen molar-refractivity contribution in [1.82, 2.24) is 5.32 Å². The summed E-state index contributed by atoms with van der Waals surface area (Å²) in [6.45, 7) is 5.67. The van der Waals surface area contributed by atoms with Gasteiger partial charge >= 0.3 is 0 Å². The summed E-state index contributed by atoms with van der Waals surface area (Å²) < 4.78 is 14.2. The fraction of sp³-hybridized carbons (Fsp3) is 0.333. The maximum atomic E-state index is 14.2. The fourth-order valence-electron chi connectivity index (χ4n) is 2.91. The van der Waals surface area contributed by atoms with Gasteiger partial charge < -0.3 is 15.5 Å². The number of benzene rings is 2. The second-order valence-electron chi connectivity index (χ2n) is 5.93. The Hall–Kier alpha value is -1.49. The average molecular weight is 368 g/mol. The smallest absolute Gasteiger partial charge is 0.146 e. The SMILES string of the molecule is CC(Nc1cc(N2CCNCC2)ccc1F)c1ccc(Cl)cc1Cl. The van der Waals surface area contributed by atoms with Crippen molar-refractivity contribution in [3.05, 3.63) is 57.8 Å². The molecule has 3 nitrogen and oxygen atoms in total. The van der Waals surface area contributed by atoms with Crippen LogP contribution >= 0.6 is 23.2 Å². The molecule has 0 spiro atoms. The summed E-state index contributed by atoms with van der Waals surface area (Å²) in [5.74, 6) is -0.272. The lowest BCUT2D eigenvalue weighted by Gasteiger charge is -2.30. The highest BCUT2D eigenvalue weighted by Gasteiger charge is 2.15. The van der Waals surface area contributed by atoms with E-state index in [1.807, 2.05) is 25.1 Å². The Morgan fingerprint density at radius 1 is 1.12 bits per heavy atom. The van der Waals surface area contributed by atoms with Crippen molar-refractivity contribution in [2.75, 3.05) is 36.4 Å². The van der Waals surface area contributed by atoms with Gasteiger partial charge in [-0.15, -0.1) is 0 Å². The van der Waals surface area contributed by atoms with Gasteiger partial charge in [-0.2, -0.15) is 0 Å². The van der Waals surface area contributed by atoms with Gasteiger partial charge in [0.05, 0.1) is 11.7 Å². The van der Waals surface area contributed by atoms with E-state index < -0.39 is 0 Å². The van der Waals surface area contributed by atoms with E-state index >= 15 is 0 Å². The van der Waals surface area contributed by atoms with Gasteiger partial charge in [-0.3, -0.25) is 0 Å². The molecule has 1 atom stereocenters. The Kier molecular flexibility index (Phi) is 5.49. The van der Waals surface area contributed by atoms with Gasteiger partial charge in [-0.25, -0.2) is 4.39 Å². The second-order valence-corrected chi connectivity index (χ2v) is 6.78. The van der Waals surface area contributed by atoms with Crippen molar-refractivity contribution >= 4 is 34.6 Å². The van der Waals surface area contributed by atoms with Crippen molar-refractivity contribution in [3.8, 4) is 0 Å². The van der Waals surface area contributed by atoms with E-state index in [2.05, 4.69) is 15.5 Å². The average Bonchev–Trinajstić information content (AvgIpc) is 2.57. The summed E-state index contributed by atoms with van der Waals surface area (Å²) in [6, 6.07) is 10.4. The van der Waals surface area contributed by atoms with Gasteiger partial charge in [-0.05, 0) is 42.8 Å². The van der Waals surface area contributed by atoms with E-state index in [4.69, 9.17) is 23.2 Å². The molecule has 1 heterocycles. The molecule has 0 bridgehead atoms. The van der Waals surface area contributed by atoms with Crippen LogP contribution in [0.5, 0.6) is 0 Å². The molecule has 128 valence electrons. The van der Waals surface area contributed by atoms with Crippen LogP contribution < -0.4 is 15.5 Å². The molecular formula is C18H20Cl2FN3. The van der Waals surface area contributed by atoms with Crippen molar-refractivity contribution < 1.29 is 4.39 Å². The lowest BCUT2D eigenvalue weighted by molar-refractivity contribution is 0.587. The van der Waals surface area contributed by atoms with Crippen LogP contribution in [-0.4, -0.2) is 26.2 Å². The number of anilines is 2. The summed E-state index contributed by atoms with van der Waals surface area (Å²) in [6.07, 6.45) is 0. The summed E-state index contributed by atoms with van der Waals surface area (Å²) in [4.78, 5) is 2.25. The number of halogens is 3. The zero-order chi connectivity index (χ0) is 17.1. The van der Waals surface area contributed by atoms with Crippen molar-refractivity contribution in [3.63, 3.8) is 0 Å². The topological polar surface area (TPSA) is 27.3 Å². The summed E-state index contributed by atoms with van der Waals surface area (Å²) in [5.41, 5.74) is 2.38. The maximum absolute atomic E-state index is 14.2. The Labute approximate surface area is 151 Å². The van der Waals surface area contributed by atoms with Gasteiger partial charge in [-0.1, -0.05) is 29.3 Å². The molecule has 1 saturated heterocycles. The van der Waals surface area contributed by atoms with Crippen molar-refractivity contribution in [2.45, 2.75) is 13.0 Å². The van der Waals surface area contributed by atoms with E-state index in [9.17, 15) is 4.39 Å². The van der Waals surface area contributed by atoms with E-state index in [0.29, 0.717) is 15.7 Å². The molecule has 1 aliphatic rings. The van der Waals surface area contributed by atoms with E-state index in [-0.39, 0.29) is 11.9 Å². The molecular weight excluding hydrogens is 348 g/mol. The molecule has 2 aromatic rings. The molecule has 0 radical (unpaired) electrons. The first-order valence-corrected chi connectivity index (χ1v) is 8.77. The molecule has 0 amide bonds. The maximum Gasteiger partial charge on any atom is 0.146 e. The highest BCUT2D eigenvalue weighted by molar-refractivity contribution is 6.35. The van der Waals surface area contributed by atoms with Crippen LogP contribution in [0.1, 0.15) is 18.5 Å². The quantitative estimate of drug-likeness (QED) is 0.818. The molecule has 1 fully saturated rings. The lowest BCUT2D eigenvalue weighted by atomic mass is 10.1. The Morgan fingerprint density at radius 2 is 1.88 bits per heavy atom. The minimum Gasteiger partial charge on any atom is -0.376 e. The zero-order valence-electron chi connectivity index (χ0n) is 13.5. The number of nitrogens with one attached hydrogen (secondary N) is 2. The molecule has 1 aliphatic heterocycles. The largest absolute Gasteiger partial charge is 0.376 e. The Balaban J connectivity index is 1.80. The predicted molar refractivity (Wildman–Crippen MR) is 100.0 cm³/mol. The first kappa shape index (κ1) is 17.3. The van der Waals surface area contributed by atoms with E-state index in [1.54, 1.807) is 12.1 Å². The van der Waals surface area contributed by atoms with Crippen LogP contribution in [0, 0.1) is 5.82 Å². The number of piperazine rings is 1. The molecule has 0 saturated carbocycles.